The summed E-state index contributed by atoms with van der Waals surface area (Å²) in [7, 11) is 0. The second-order valence-corrected chi connectivity index (χ2v) is 4.21. The molecule has 0 radical (unpaired) electrons. The Morgan fingerprint density at radius 3 is 3.15 bits per heavy atom. The number of aryl methyl sites for hydroxylation is 1. The minimum atomic E-state index is -0.528. The number of carbonyl (C=O) groups excluding carboxylic acids is 1. The molecule has 0 aliphatic heterocycles. The number of ether oxygens (including phenoxy) is 1. The van der Waals surface area contributed by atoms with E-state index in [1.807, 2.05) is 24.4 Å². The maximum atomic E-state index is 11.4. The second kappa shape index (κ2) is 4.65. The molecule has 3 rings (SSSR count). The van der Waals surface area contributed by atoms with E-state index >= 15 is 0 Å². The fourth-order valence-electron chi connectivity index (χ4n) is 1.98. The van der Waals surface area contributed by atoms with E-state index in [1.165, 1.54) is 0 Å². The summed E-state index contributed by atoms with van der Waals surface area (Å²) in [6, 6.07) is 5.75. The standard InChI is InChI=1S/C14H12N4O2/c1-3-11(19)20-12-9(2)16-17-14(12)18-8-6-10-5-4-7-15-13(10)18/h3-8H,1H2,2H3,(H,16,17). The molecule has 20 heavy (non-hydrogen) atoms. The van der Waals surface area contributed by atoms with Crippen LogP contribution in [0.3, 0.4) is 0 Å². The topological polar surface area (TPSA) is 72.8 Å². The number of nitrogens with zero attached hydrogens (tertiary/aromatic N) is 3. The predicted octanol–water partition coefficient (Wildman–Crippen LogP) is 2.15. The molecule has 3 aromatic heterocycles. The van der Waals surface area contributed by atoms with E-state index in [0.717, 1.165) is 17.1 Å². The maximum Gasteiger partial charge on any atom is 0.335 e. The third-order valence-corrected chi connectivity index (χ3v) is 2.93. The number of hydrogen-bond donors (Lipinski definition) is 1. The molecule has 3 aromatic rings. The fourth-order valence-corrected chi connectivity index (χ4v) is 1.98. The van der Waals surface area contributed by atoms with E-state index in [2.05, 4.69) is 21.8 Å². The van der Waals surface area contributed by atoms with Gasteiger partial charge in [0.2, 0.25) is 0 Å². The van der Waals surface area contributed by atoms with Crippen molar-refractivity contribution in [3.63, 3.8) is 0 Å². The molecule has 6 heteroatoms. The van der Waals surface area contributed by atoms with E-state index in [9.17, 15) is 4.79 Å². The van der Waals surface area contributed by atoms with Crippen LogP contribution in [0.15, 0.2) is 43.2 Å². The Morgan fingerprint density at radius 1 is 1.50 bits per heavy atom. The lowest BCUT2D eigenvalue weighted by Gasteiger charge is -2.05. The third kappa shape index (κ3) is 1.87. The first kappa shape index (κ1) is 12.2. The van der Waals surface area contributed by atoms with E-state index in [1.54, 1.807) is 17.7 Å². The highest BCUT2D eigenvalue weighted by Gasteiger charge is 2.17. The highest BCUT2D eigenvalue weighted by atomic mass is 16.5. The summed E-state index contributed by atoms with van der Waals surface area (Å²) in [4.78, 5) is 15.7. The maximum absolute atomic E-state index is 11.4. The molecule has 100 valence electrons. The molecule has 0 bridgehead atoms. The third-order valence-electron chi connectivity index (χ3n) is 2.93. The molecule has 3 heterocycles. The van der Waals surface area contributed by atoms with E-state index in [4.69, 9.17) is 4.74 Å². The van der Waals surface area contributed by atoms with Crippen molar-refractivity contribution < 1.29 is 9.53 Å². The highest BCUT2D eigenvalue weighted by molar-refractivity contribution is 5.84. The lowest BCUT2D eigenvalue weighted by molar-refractivity contribution is -0.129. The van der Waals surface area contributed by atoms with Crippen molar-refractivity contribution in [3.8, 4) is 11.6 Å². The molecule has 0 fully saturated rings. The van der Waals surface area contributed by atoms with Crippen molar-refractivity contribution in [1.29, 1.82) is 0 Å². The van der Waals surface area contributed by atoms with E-state index in [0.29, 0.717) is 17.3 Å². The number of rotatable bonds is 3. The zero-order valence-electron chi connectivity index (χ0n) is 10.8. The summed E-state index contributed by atoms with van der Waals surface area (Å²) in [5.74, 6) is 0.407. The quantitative estimate of drug-likeness (QED) is 0.583. The predicted molar refractivity (Wildman–Crippen MR) is 73.8 cm³/mol. The lowest BCUT2D eigenvalue weighted by atomic mass is 10.3. The molecule has 6 nitrogen and oxygen atoms in total. The zero-order chi connectivity index (χ0) is 14.1. The van der Waals surface area contributed by atoms with Crippen molar-refractivity contribution in [2.45, 2.75) is 6.92 Å². The van der Waals surface area contributed by atoms with Crippen LogP contribution in [0.4, 0.5) is 0 Å². The largest absolute Gasteiger partial charge is 0.417 e. The SMILES string of the molecule is C=CC(=O)Oc1c(C)n[nH]c1-n1ccc2cccnc21. The van der Waals surface area contributed by atoms with Crippen LogP contribution in [0, 0.1) is 6.92 Å². The fraction of sp³-hybridized carbons (Fsp3) is 0.0714. The number of nitrogens with one attached hydrogen (secondary N) is 1. The highest BCUT2D eigenvalue weighted by Crippen LogP contribution is 2.27. The van der Waals surface area contributed by atoms with Crippen LogP contribution >= 0.6 is 0 Å². The Balaban J connectivity index is 2.15. The molecular weight excluding hydrogens is 256 g/mol. The smallest absolute Gasteiger partial charge is 0.335 e. The number of aromatic nitrogens is 4. The van der Waals surface area contributed by atoms with Gasteiger partial charge in [0.1, 0.15) is 11.3 Å². The van der Waals surface area contributed by atoms with Gasteiger partial charge in [-0.1, -0.05) is 6.58 Å². The van der Waals surface area contributed by atoms with Crippen molar-refractivity contribution >= 4 is 17.0 Å². The van der Waals surface area contributed by atoms with Crippen LogP contribution in [0.2, 0.25) is 0 Å². The molecule has 0 saturated heterocycles. The van der Waals surface area contributed by atoms with Gasteiger partial charge in [0.25, 0.3) is 0 Å². The lowest BCUT2D eigenvalue weighted by Crippen LogP contribution is -2.06. The van der Waals surface area contributed by atoms with Crippen LogP contribution in [-0.4, -0.2) is 25.7 Å². The molecule has 0 aliphatic rings. The Morgan fingerprint density at radius 2 is 2.35 bits per heavy atom. The summed E-state index contributed by atoms with van der Waals surface area (Å²) in [5, 5.41) is 7.93. The number of esters is 1. The van der Waals surface area contributed by atoms with Gasteiger partial charge in [-0.15, -0.1) is 0 Å². The molecule has 0 unspecified atom stereocenters. The van der Waals surface area contributed by atoms with Crippen LogP contribution in [0.5, 0.6) is 5.75 Å². The Labute approximate surface area is 114 Å². The van der Waals surface area contributed by atoms with Gasteiger partial charge in [-0.05, 0) is 25.1 Å². The van der Waals surface area contributed by atoms with Crippen LogP contribution in [0.25, 0.3) is 16.9 Å². The Kier molecular flexibility index (Phi) is 2.83. The van der Waals surface area contributed by atoms with Gasteiger partial charge >= 0.3 is 5.97 Å². The number of carbonyl (C=O) groups is 1. The summed E-state index contributed by atoms with van der Waals surface area (Å²) in [6.07, 6.45) is 4.66. The van der Waals surface area contributed by atoms with Crippen LogP contribution in [0.1, 0.15) is 5.69 Å². The van der Waals surface area contributed by atoms with Crippen molar-refractivity contribution in [1.82, 2.24) is 19.7 Å². The van der Waals surface area contributed by atoms with Crippen molar-refractivity contribution in [2.75, 3.05) is 0 Å². The van der Waals surface area contributed by atoms with Crippen LogP contribution in [-0.2, 0) is 4.79 Å². The van der Waals surface area contributed by atoms with Gasteiger partial charge in [-0.3, -0.25) is 9.67 Å². The van der Waals surface area contributed by atoms with Gasteiger partial charge in [0, 0.05) is 23.9 Å². The molecule has 0 aromatic carbocycles. The van der Waals surface area contributed by atoms with Crippen LogP contribution < -0.4 is 4.74 Å². The number of fused-ring (bicyclic) bond motifs is 1. The summed E-state index contributed by atoms with van der Waals surface area (Å²) in [5.41, 5.74) is 1.35. The molecule has 0 aliphatic carbocycles. The van der Waals surface area contributed by atoms with Gasteiger partial charge in [0.15, 0.2) is 11.6 Å². The van der Waals surface area contributed by atoms with E-state index < -0.39 is 5.97 Å². The number of pyridine rings is 1. The molecular formula is C14H12N4O2. The second-order valence-electron chi connectivity index (χ2n) is 4.21. The summed E-state index contributed by atoms with van der Waals surface area (Å²) in [6.45, 7) is 5.14. The summed E-state index contributed by atoms with van der Waals surface area (Å²) < 4.78 is 7.03. The van der Waals surface area contributed by atoms with Gasteiger partial charge in [-0.2, -0.15) is 5.10 Å². The van der Waals surface area contributed by atoms with Crippen molar-refractivity contribution in [3.05, 3.63) is 48.9 Å². The molecule has 0 amide bonds. The summed E-state index contributed by atoms with van der Waals surface area (Å²) >= 11 is 0. The number of hydrogen-bond acceptors (Lipinski definition) is 4. The first-order valence-corrected chi connectivity index (χ1v) is 6.02. The molecule has 1 N–H and O–H groups in total. The monoisotopic (exact) mass is 268 g/mol. The average molecular weight is 268 g/mol. The number of H-pyrrole nitrogens is 1. The van der Waals surface area contributed by atoms with Gasteiger partial charge < -0.3 is 4.74 Å². The van der Waals surface area contributed by atoms with E-state index in [-0.39, 0.29) is 0 Å². The Bertz CT molecular complexity index is 800. The zero-order valence-corrected chi connectivity index (χ0v) is 10.8. The minimum Gasteiger partial charge on any atom is -0.417 e. The number of aromatic amines is 1. The first-order chi connectivity index (χ1) is 9.70. The molecule has 0 spiro atoms. The van der Waals surface area contributed by atoms with Crippen molar-refractivity contribution in [2.24, 2.45) is 0 Å². The molecule has 0 atom stereocenters. The average Bonchev–Trinajstić information content (AvgIpc) is 3.03. The van der Waals surface area contributed by atoms with Gasteiger partial charge in [-0.25, -0.2) is 9.78 Å². The van der Waals surface area contributed by atoms with Gasteiger partial charge in [0.05, 0.1) is 0 Å². The molecule has 0 saturated carbocycles. The normalized spacial score (nSPS) is 10.7. The Hall–Kier alpha value is -2.89. The first-order valence-electron chi connectivity index (χ1n) is 6.02. The minimum absolute atomic E-state index is 0.373.